The lowest BCUT2D eigenvalue weighted by Crippen LogP contribution is -2.47. The highest BCUT2D eigenvalue weighted by molar-refractivity contribution is 7.92. The quantitative estimate of drug-likeness (QED) is 0.755. The molecule has 146 valence electrons. The molecule has 2 aromatic rings. The number of carbonyl (C=O) groups is 1. The van der Waals surface area contributed by atoms with Crippen molar-refractivity contribution >= 4 is 33.2 Å². The molecule has 27 heavy (non-hydrogen) atoms. The Balaban J connectivity index is 2.27. The minimum atomic E-state index is -3.82. The number of nitrogens with zero attached hydrogens (tertiary/aromatic N) is 1. The predicted octanol–water partition coefficient (Wildman–Crippen LogP) is 2.96. The van der Waals surface area contributed by atoms with Crippen LogP contribution in [0.3, 0.4) is 0 Å². The Bertz CT molecular complexity index is 919. The first kappa shape index (κ1) is 21.0. The highest BCUT2D eigenvalue weighted by Gasteiger charge is 2.31. The van der Waals surface area contributed by atoms with Crippen molar-refractivity contribution in [2.24, 2.45) is 0 Å². The van der Waals surface area contributed by atoms with Crippen molar-refractivity contribution in [3.63, 3.8) is 0 Å². The van der Waals surface area contributed by atoms with Crippen LogP contribution in [-0.4, -0.2) is 33.7 Å². The molecule has 6 nitrogen and oxygen atoms in total. The number of hydrogen-bond donors (Lipinski definition) is 1. The molecule has 0 fully saturated rings. The zero-order valence-electron chi connectivity index (χ0n) is 15.1. The topological polar surface area (TPSA) is 75.7 Å². The van der Waals surface area contributed by atoms with Gasteiger partial charge in [-0.05, 0) is 42.8 Å². The molecule has 0 aliphatic heterocycles. The fraction of sp³-hybridized carbons (Fsp3) is 0.278. The first-order valence-corrected chi connectivity index (χ1v) is 10.2. The van der Waals surface area contributed by atoms with E-state index in [2.05, 4.69) is 5.32 Å². The number of amides is 1. The third kappa shape index (κ3) is 5.33. The van der Waals surface area contributed by atoms with Crippen LogP contribution in [-0.2, 0) is 21.4 Å². The van der Waals surface area contributed by atoms with Gasteiger partial charge in [0.15, 0.2) is 0 Å². The number of methoxy groups -OCH3 is 1. The van der Waals surface area contributed by atoms with Crippen molar-refractivity contribution in [1.82, 2.24) is 5.32 Å². The normalized spacial score (nSPS) is 12.3. The van der Waals surface area contributed by atoms with Crippen molar-refractivity contribution in [3.8, 4) is 5.75 Å². The van der Waals surface area contributed by atoms with Crippen LogP contribution < -0.4 is 14.4 Å². The molecular formula is C18H20ClFN2O4S. The molecule has 1 atom stereocenters. The maximum Gasteiger partial charge on any atom is 0.243 e. The standard InChI is InChI=1S/C18H20ClFN2O4S/c1-12(18(23)21-11-13-4-7-15(20)8-5-13)22(27(3,24)25)16-10-14(19)6-9-17(16)26-2/h4-10,12H,11H2,1-3H3,(H,21,23)/t12-/m1/s1. The molecule has 1 amide bonds. The van der Waals surface area contributed by atoms with Crippen LogP contribution in [0.5, 0.6) is 5.75 Å². The van der Waals surface area contributed by atoms with Crippen LogP contribution in [0.1, 0.15) is 12.5 Å². The van der Waals surface area contributed by atoms with Gasteiger partial charge in [0, 0.05) is 11.6 Å². The largest absolute Gasteiger partial charge is 0.495 e. The van der Waals surface area contributed by atoms with Crippen LogP contribution in [0, 0.1) is 5.82 Å². The third-order valence-electron chi connectivity index (χ3n) is 3.85. The molecule has 2 aromatic carbocycles. The summed E-state index contributed by atoms with van der Waals surface area (Å²) in [6.07, 6.45) is 0.997. The SMILES string of the molecule is COc1ccc(Cl)cc1N([C@H](C)C(=O)NCc1ccc(F)cc1)S(C)(=O)=O. The van der Waals surface area contributed by atoms with E-state index in [9.17, 15) is 17.6 Å². The molecule has 0 unspecified atom stereocenters. The van der Waals surface area contributed by atoms with Crippen molar-refractivity contribution in [3.05, 3.63) is 58.9 Å². The average Bonchev–Trinajstić information content (AvgIpc) is 2.60. The minimum absolute atomic E-state index is 0.133. The second-order valence-electron chi connectivity index (χ2n) is 5.90. The van der Waals surface area contributed by atoms with E-state index in [0.717, 1.165) is 10.6 Å². The summed E-state index contributed by atoms with van der Waals surface area (Å²) < 4.78 is 43.9. The molecule has 0 aliphatic rings. The van der Waals surface area contributed by atoms with Crippen molar-refractivity contribution < 1.29 is 22.3 Å². The summed E-state index contributed by atoms with van der Waals surface area (Å²) in [6, 6.07) is 9.08. The zero-order chi connectivity index (χ0) is 20.2. The second-order valence-corrected chi connectivity index (χ2v) is 8.19. The van der Waals surface area contributed by atoms with E-state index < -0.39 is 22.0 Å². The fourth-order valence-electron chi connectivity index (χ4n) is 2.56. The fourth-order valence-corrected chi connectivity index (χ4v) is 3.89. The Morgan fingerprint density at radius 1 is 1.26 bits per heavy atom. The summed E-state index contributed by atoms with van der Waals surface area (Å²) in [7, 11) is -2.42. The molecule has 0 aromatic heterocycles. The maximum absolute atomic E-state index is 13.0. The van der Waals surface area contributed by atoms with E-state index in [1.807, 2.05) is 0 Å². The lowest BCUT2D eigenvalue weighted by molar-refractivity contribution is -0.122. The smallest absolute Gasteiger partial charge is 0.243 e. The number of anilines is 1. The summed E-state index contributed by atoms with van der Waals surface area (Å²) in [5.74, 6) is -0.635. The van der Waals surface area contributed by atoms with Crippen molar-refractivity contribution in [2.45, 2.75) is 19.5 Å². The molecule has 0 saturated heterocycles. The van der Waals surface area contributed by atoms with Gasteiger partial charge in [-0.25, -0.2) is 12.8 Å². The Hall–Kier alpha value is -2.32. The molecular weight excluding hydrogens is 395 g/mol. The van der Waals surface area contributed by atoms with E-state index in [4.69, 9.17) is 16.3 Å². The summed E-state index contributed by atoms with van der Waals surface area (Å²) in [4.78, 5) is 12.6. The van der Waals surface area contributed by atoms with Crippen LogP contribution in [0.15, 0.2) is 42.5 Å². The Morgan fingerprint density at radius 2 is 1.89 bits per heavy atom. The highest BCUT2D eigenvalue weighted by Crippen LogP contribution is 2.34. The van der Waals surface area contributed by atoms with Gasteiger partial charge in [-0.15, -0.1) is 0 Å². The molecule has 9 heteroatoms. The number of rotatable bonds is 7. The summed E-state index contributed by atoms with van der Waals surface area (Å²) in [6.45, 7) is 1.59. The number of ether oxygens (including phenoxy) is 1. The van der Waals surface area contributed by atoms with Crippen molar-refractivity contribution in [2.75, 3.05) is 17.7 Å². The van der Waals surface area contributed by atoms with E-state index in [0.29, 0.717) is 10.6 Å². The lowest BCUT2D eigenvalue weighted by atomic mass is 10.2. The Labute approximate surface area is 162 Å². The van der Waals surface area contributed by atoms with Gasteiger partial charge in [-0.1, -0.05) is 23.7 Å². The van der Waals surface area contributed by atoms with Gasteiger partial charge >= 0.3 is 0 Å². The van der Waals surface area contributed by atoms with Crippen LogP contribution in [0.2, 0.25) is 5.02 Å². The van der Waals surface area contributed by atoms with Gasteiger partial charge in [-0.2, -0.15) is 0 Å². The number of benzene rings is 2. The second kappa shape index (κ2) is 8.58. The minimum Gasteiger partial charge on any atom is -0.495 e. The van der Waals surface area contributed by atoms with Gasteiger partial charge in [0.1, 0.15) is 17.6 Å². The molecule has 0 aliphatic carbocycles. The molecule has 0 spiro atoms. The summed E-state index contributed by atoms with van der Waals surface area (Å²) >= 11 is 6.00. The van der Waals surface area contributed by atoms with Crippen LogP contribution in [0.4, 0.5) is 10.1 Å². The average molecular weight is 415 g/mol. The number of halogens is 2. The number of nitrogens with one attached hydrogen (secondary N) is 1. The molecule has 0 radical (unpaired) electrons. The van der Waals surface area contributed by atoms with Gasteiger partial charge in [0.2, 0.25) is 15.9 Å². The molecule has 2 rings (SSSR count). The summed E-state index contributed by atoms with van der Waals surface area (Å²) in [5.41, 5.74) is 0.847. The number of sulfonamides is 1. The molecule has 0 heterocycles. The van der Waals surface area contributed by atoms with E-state index in [1.54, 1.807) is 6.07 Å². The molecule has 1 N–H and O–H groups in total. The lowest BCUT2D eigenvalue weighted by Gasteiger charge is -2.29. The number of carbonyl (C=O) groups excluding carboxylic acids is 1. The van der Waals surface area contributed by atoms with Crippen LogP contribution >= 0.6 is 11.6 Å². The first-order chi connectivity index (χ1) is 12.6. The maximum atomic E-state index is 13.0. The Kier molecular flexibility index (Phi) is 6.67. The Morgan fingerprint density at radius 3 is 2.44 bits per heavy atom. The predicted molar refractivity (Wildman–Crippen MR) is 103 cm³/mol. The van der Waals surface area contributed by atoms with Gasteiger partial charge < -0.3 is 10.1 Å². The monoisotopic (exact) mass is 414 g/mol. The molecule has 0 bridgehead atoms. The van der Waals surface area contributed by atoms with Crippen LogP contribution in [0.25, 0.3) is 0 Å². The first-order valence-electron chi connectivity index (χ1n) is 7.98. The number of hydrogen-bond acceptors (Lipinski definition) is 4. The van der Waals surface area contributed by atoms with Gasteiger partial charge in [-0.3, -0.25) is 9.10 Å². The third-order valence-corrected chi connectivity index (χ3v) is 5.31. The van der Waals surface area contributed by atoms with Gasteiger partial charge in [0.25, 0.3) is 0 Å². The highest BCUT2D eigenvalue weighted by atomic mass is 35.5. The van der Waals surface area contributed by atoms with E-state index in [-0.39, 0.29) is 23.8 Å². The molecule has 0 saturated carbocycles. The summed E-state index contributed by atoms with van der Waals surface area (Å²) in [5, 5.41) is 2.96. The van der Waals surface area contributed by atoms with Gasteiger partial charge in [0.05, 0.1) is 19.1 Å². The van der Waals surface area contributed by atoms with Crippen molar-refractivity contribution in [1.29, 1.82) is 0 Å². The van der Waals surface area contributed by atoms with E-state index >= 15 is 0 Å². The van der Waals surface area contributed by atoms with E-state index in [1.165, 1.54) is 50.4 Å². The zero-order valence-corrected chi connectivity index (χ0v) is 16.6.